The Bertz CT molecular complexity index is 287. The molecule has 0 aliphatic heterocycles. The van der Waals surface area contributed by atoms with Crippen LogP contribution in [0, 0.1) is 5.92 Å². The predicted molar refractivity (Wildman–Crippen MR) is 63.0 cm³/mol. The van der Waals surface area contributed by atoms with Crippen LogP contribution in [0.25, 0.3) is 0 Å². The van der Waals surface area contributed by atoms with Gasteiger partial charge in [-0.2, -0.15) is 0 Å². The zero-order valence-corrected chi connectivity index (χ0v) is 10.8. The van der Waals surface area contributed by atoms with Gasteiger partial charge in [-0.05, 0) is 40.8 Å². The molecule has 0 N–H and O–H groups in total. The van der Waals surface area contributed by atoms with Crippen molar-refractivity contribution >= 4 is 50.5 Å². The van der Waals surface area contributed by atoms with E-state index < -0.39 is 0 Å². The highest BCUT2D eigenvalue weighted by molar-refractivity contribution is 9.11. The number of halogens is 3. The maximum absolute atomic E-state index is 6.32. The van der Waals surface area contributed by atoms with E-state index in [4.69, 9.17) is 23.2 Å². The topological polar surface area (TPSA) is 0 Å². The Kier molecular flexibility index (Phi) is 3.24. The average Bonchev–Trinajstić information content (AvgIpc) is 2.28. The molecule has 1 fully saturated rings. The first kappa shape index (κ1) is 10.3. The summed E-state index contributed by atoms with van der Waals surface area (Å²) in [5, 5.41) is 0.951. The number of alkyl halides is 1. The summed E-state index contributed by atoms with van der Waals surface area (Å²) >= 11 is 17.3. The highest BCUT2D eigenvalue weighted by Gasteiger charge is 2.28. The molecule has 1 aliphatic carbocycles. The molecule has 4 heteroatoms. The van der Waals surface area contributed by atoms with Crippen molar-refractivity contribution < 1.29 is 0 Å². The van der Waals surface area contributed by atoms with E-state index in [1.54, 1.807) is 11.3 Å². The van der Waals surface area contributed by atoms with Gasteiger partial charge in [0.1, 0.15) is 0 Å². The van der Waals surface area contributed by atoms with E-state index in [-0.39, 0.29) is 5.38 Å². The first-order valence-corrected chi connectivity index (χ1v) is 6.69. The summed E-state index contributed by atoms with van der Waals surface area (Å²) < 4.78 is 0.995. The standard InChI is InChI=1S/C9H9BrCl2S/c10-9-6(11)4-7(13-9)8(12)5-2-1-3-5/h4-5,8H,1-3H2. The third-order valence-corrected chi connectivity index (χ3v) is 5.78. The summed E-state index contributed by atoms with van der Waals surface area (Å²) in [4.78, 5) is 1.20. The minimum absolute atomic E-state index is 0.169. The fraction of sp³-hybridized carbons (Fsp3) is 0.556. The van der Waals surface area contributed by atoms with E-state index in [9.17, 15) is 0 Å². The molecule has 1 unspecified atom stereocenters. The minimum atomic E-state index is 0.169. The van der Waals surface area contributed by atoms with Gasteiger partial charge in [0.2, 0.25) is 0 Å². The predicted octanol–water partition coefficient (Wildman–Crippen LogP) is 5.24. The zero-order valence-electron chi connectivity index (χ0n) is 6.90. The van der Waals surface area contributed by atoms with Crippen LogP contribution in [-0.2, 0) is 0 Å². The summed E-state index contributed by atoms with van der Waals surface area (Å²) in [6.45, 7) is 0. The molecular formula is C9H9BrCl2S. The Morgan fingerprint density at radius 1 is 1.54 bits per heavy atom. The van der Waals surface area contributed by atoms with Crippen molar-refractivity contribution in [1.29, 1.82) is 0 Å². The van der Waals surface area contributed by atoms with E-state index in [0.29, 0.717) is 5.92 Å². The lowest BCUT2D eigenvalue weighted by Gasteiger charge is -2.29. The lowest BCUT2D eigenvalue weighted by atomic mass is 9.82. The van der Waals surface area contributed by atoms with Crippen molar-refractivity contribution in [2.75, 3.05) is 0 Å². The molecule has 1 aromatic rings. The van der Waals surface area contributed by atoms with Gasteiger partial charge in [-0.1, -0.05) is 18.0 Å². The van der Waals surface area contributed by atoms with Gasteiger partial charge < -0.3 is 0 Å². The van der Waals surface area contributed by atoms with Crippen LogP contribution < -0.4 is 0 Å². The molecule has 0 bridgehead atoms. The molecule has 0 aromatic carbocycles. The van der Waals surface area contributed by atoms with Crippen LogP contribution in [-0.4, -0.2) is 0 Å². The molecule has 0 amide bonds. The summed E-state index contributed by atoms with van der Waals surface area (Å²) in [7, 11) is 0. The number of hydrogen-bond donors (Lipinski definition) is 0. The van der Waals surface area contributed by atoms with E-state index in [1.807, 2.05) is 6.07 Å². The number of rotatable bonds is 2. The zero-order chi connectivity index (χ0) is 9.42. The molecule has 1 saturated carbocycles. The average molecular weight is 300 g/mol. The molecule has 0 radical (unpaired) electrons. The third-order valence-electron chi connectivity index (χ3n) is 2.50. The van der Waals surface area contributed by atoms with E-state index in [2.05, 4.69) is 15.9 Å². The maximum Gasteiger partial charge on any atom is 0.0887 e. The smallest absolute Gasteiger partial charge is 0.0887 e. The molecular weight excluding hydrogens is 291 g/mol. The second-order valence-electron chi connectivity index (χ2n) is 3.36. The Morgan fingerprint density at radius 3 is 2.62 bits per heavy atom. The van der Waals surface area contributed by atoms with Crippen molar-refractivity contribution in [2.24, 2.45) is 5.92 Å². The first-order valence-electron chi connectivity index (χ1n) is 4.27. The lowest BCUT2D eigenvalue weighted by Crippen LogP contribution is -2.15. The lowest BCUT2D eigenvalue weighted by molar-refractivity contribution is 0.307. The summed E-state index contributed by atoms with van der Waals surface area (Å²) in [5.74, 6) is 0.670. The molecule has 1 aromatic heterocycles. The normalized spacial score (nSPS) is 19.9. The van der Waals surface area contributed by atoms with Gasteiger partial charge in [0.15, 0.2) is 0 Å². The summed E-state index contributed by atoms with van der Waals surface area (Å²) in [6, 6.07) is 1.98. The largest absolute Gasteiger partial charge is 0.130 e. The molecule has 0 nitrogen and oxygen atoms in total. The van der Waals surface area contributed by atoms with Crippen molar-refractivity contribution in [3.05, 3.63) is 19.8 Å². The number of hydrogen-bond acceptors (Lipinski definition) is 1. The van der Waals surface area contributed by atoms with Crippen LogP contribution in [0.15, 0.2) is 9.85 Å². The second-order valence-corrected chi connectivity index (χ2v) is 6.64. The molecule has 1 aliphatic rings. The first-order chi connectivity index (χ1) is 6.18. The fourth-order valence-electron chi connectivity index (χ4n) is 1.46. The van der Waals surface area contributed by atoms with Crippen LogP contribution in [0.1, 0.15) is 29.5 Å². The molecule has 0 saturated heterocycles. The maximum atomic E-state index is 6.32. The molecule has 1 heterocycles. The Morgan fingerprint density at radius 2 is 2.23 bits per heavy atom. The van der Waals surface area contributed by atoms with Gasteiger partial charge in [0.25, 0.3) is 0 Å². The second kappa shape index (κ2) is 4.09. The van der Waals surface area contributed by atoms with Gasteiger partial charge in [-0.25, -0.2) is 0 Å². The van der Waals surface area contributed by atoms with Crippen LogP contribution in [0.5, 0.6) is 0 Å². The summed E-state index contributed by atoms with van der Waals surface area (Å²) in [6.07, 6.45) is 3.86. The minimum Gasteiger partial charge on any atom is -0.130 e. The van der Waals surface area contributed by atoms with Crippen LogP contribution in [0.4, 0.5) is 0 Å². The van der Waals surface area contributed by atoms with Crippen molar-refractivity contribution in [2.45, 2.75) is 24.6 Å². The Hall–Kier alpha value is 0.760. The highest BCUT2D eigenvalue weighted by Crippen LogP contribution is 2.46. The van der Waals surface area contributed by atoms with Crippen molar-refractivity contribution in [3.8, 4) is 0 Å². The molecule has 1 atom stereocenters. The van der Waals surface area contributed by atoms with Crippen LogP contribution in [0.3, 0.4) is 0 Å². The van der Waals surface area contributed by atoms with Gasteiger partial charge in [-0.15, -0.1) is 22.9 Å². The quantitative estimate of drug-likeness (QED) is 0.655. The third kappa shape index (κ3) is 2.06. The molecule has 13 heavy (non-hydrogen) atoms. The van der Waals surface area contributed by atoms with Gasteiger partial charge >= 0.3 is 0 Å². The van der Waals surface area contributed by atoms with E-state index in [0.717, 1.165) is 8.81 Å². The van der Waals surface area contributed by atoms with Crippen molar-refractivity contribution in [1.82, 2.24) is 0 Å². The monoisotopic (exact) mass is 298 g/mol. The van der Waals surface area contributed by atoms with Gasteiger partial charge in [0.05, 0.1) is 14.2 Å². The highest BCUT2D eigenvalue weighted by atomic mass is 79.9. The van der Waals surface area contributed by atoms with E-state index >= 15 is 0 Å². The van der Waals surface area contributed by atoms with Crippen LogP contribution in [0.2, 0.25) is 5.02 Å². The van der Waals surface area contributed by atoms with Crippen LogP contribution >= 0.6 is 50.5 Å². The van der Waals surface area contributed by atoms with Gasteiger partial charge in [0, 0.05) is 4.88 Å². The fourth-order valence-corrected chi connectivity index (χ4v) is 3.73. The summed E-state index contributed by atoms with van der Waals surface area (Å²) in [5.41, 5.74) is 0. The molecule has 0 spiro atoms. The van der Waals surface area contributed by atoms with E-state index in [1.165, 1.54) is 24.1 Å². The Balaban J connectivity index is 2.14. The molecule has 72 valence electrons. The van der Waals surface area contributed by atoms with Gasteiger partial charge in [-0.3, -0.25) is 0 Å². The Labute approximate surface area is 100 Å². The van der Waals surface area contributed by atoms with Crippen molar-refractivity contribution in [3.63, 3.8) is 0 Å². The molecule has 2 rings (SSSR count). The number of thiophene rings is 1. The SMILES string of the molecule is Clc1cc(C(Cl)C2CCC2)sc1Br.